The van der Waals surface area contributed by atoms with E-state index in [1.165, 1.54) is 6.42 Å². The zero-order chi connectivity index (χ0) is 14.6. The lowest BCUT2D eigenvalue weighted by molar-refractivity contribution is -0.137. The average Bonchev–Trinajstić information content (AvgIpc) is 2.36. The lowest BCUT2D eigenvalue weighted by atomic mass is 9.87. The maximum Gasteiger partial charge on any atom is 0.244 e. The van der Waals surface area contributed by atoms with Crippen LogP contribution in [0.5, 0.6) is 0 Å². The summed E-state index contributed by atoms with van der Waals surface area (Å²) >= 11 is 0. The fraction of sp³-hybridized carbons (Fsp3) is 0.857. The predicted octanol–water partition coefficient (Wildman–Crippen LogP) is 0.877. The molecule has 1 aliphatic heterocycles. The van der Waals surface area contributed by atoms with Crippen LogP contribution in [-0.4, -0.2) is 41.9 Å². The quantitative estimate of drug-likeness (QED) is 0.798. The Labute approximate surface area is 115 Å². The van der Waals surface area contributed by atoms with Crippen molar-refractivity contribution in [3.05, 3.63) is 0 Å². The molecule has 1 unspecified atom stereocenters. The van der Waals surface area contributed by atoms with E-state index in [4.69, 9.17) is 5.73 Å². The van der Waals surface area contributed by atoms with Crippen molar-refractivity contribution in [2.24, 2.45) is 11.1 Å². The third-order valence-electron chi connectivity index (χ3n) is 3.61. The van der Waals surface area contributed by atoms with E-state index in [1.54, 1.807) is 6.92 Å². The van der Waals surface area contributed by atoms with E-state index >= 15 is 0 Å². The standard InChI is InChI=1S/C14H27N3O2/c1-10(13(19)17-8-6-5-7-9-17)16-12(18)11(15)14(2,3)4/h10-11H,5-9,15H2,1-4H3,(H,16,18)/t10?,11-/m0/s1. The van der Waals surface area contributed by atoms with Crippen molar-refractivity contribution in [3.8, 4) is 0 Å². The van der Waals surface area contributed by atoms with Crippen molar-refractivity contribution in [1.82, 2.24) is 10.2 Å². The zero-order valence-electron chi connectivity index (χ0n) is 12.5. The molecule has 0 bridgehead atoms. The van der Waals surface area contributed by atoms with Crippen LogP contribution in [0.2, 0.25) is 0 Å². The molecule has 2 amide bonds. The number of carbonyl (C=O) groups is 2. The van der Waals surface area contributed by atoms with E-state index in [0.29, 0.717) is 0 Å². The molecule has 1 saturated heterocycles. The highest BCUT2D eigenvalue weighted by molar-refractivity contribution is 5.89. The summed E-state index contributed by atoms with van der Waals surface area (Å²) in [6, 6.07) is -1.11. The Hall–Kier alpha value is -1.10. The molecule has 0 aliphatic carbocycles. The van der Waals surface area contributed by atoms with Gasteiger partial charge >= 0.3 is 0 Å². The monoisotopic (exact) mass is 269 g/mol. The molecule has 1 fully saturated rings. The van der Waals surface area contributed by atoms with Gasteiger partial charge in [0.2, 0.25) is 11.8 Å². The van der Waals surface area contributed by atoms with Crippen LogP contribution in [0, 0.1) is 5.41 Å². The van der Waals surface area contributed by atoms with Gasteiger partial charge < -0.3 is 16.0 Å². The first-order valence-corrected chi connectivity index (χ1v) is 7.08. The minimum Gasteiger partial charge on any atom is -0.343 e. The Bertz CT molecular complexity index is 330. The normalized spacial score (nSPS) is 19.7. The highest BCUT2D eigenvalue weighted by atomic mass is 16.2. The Kier molecular flexibility index (Phi) is 5.35. The second-order valence-electron chi connectivity index (χ2n) is 6.46. The highest BCUT2D eigenvalue weighted by Gasteiger charge is 2.30. The SMILES string of the molecule is CC(NC(=O)[C@H](N)C(C)(C)C)C(=O)N1CCCCC1. The highest BCUT2D eigenvalue weighted by Crippen LogP contribution is 2.17. The van der Waals surface area contributed by atoms with Gasteiger partial charge in [-0.1, -0.05) is 20.8 Å². The van der Waals surface area contributed by atoms with Crippen LogP contribution in [-0.2, 0) is 9.59 Å². The number of nitrogens with two attached hydrogens (primary N) is 1. The Morgan fingerprint density at radius 3 is 2.16 bits per heavy atom. The number of hydrogen-bond donors (Lipinski definition) is 2. The summed E-state index contributed by atoms with van der Waals surface area (Å²) in [5.74, 6) is -0.264. The summed E-state index contributed by atoms with van der Waals surface area (Å²) in [5, 5.41) is 2.73. The van der Waals surface area contributed by atoms with Gasteiger partial charge in [0.15, 0.2) is 0 Å². The first-order valence-electron chi connectivity index (χ1n) is 7.08. The number of carbonyl (C=O) groups excluding carboxylic acids is 2. The molecule has 5 heteroatoms. The van der Waals surface area contributed by atoms with Gasteiger partial charge in [-0.05, 0) is 31.6 Å². The molecule has 0 aromatic rings. The molecule has 0 radical (unpaired) electrons. The number of nitrogens with one attached hydrogen (secondary N) is 1. The first-order chi connectivity index (χ1) is 8.73. The molecule has 0 saturated carbocycles. The van der Waals surface area contributed by atoms with Crippen molar-refractivity contribution >= 4 is 11.8 Å². The second kappa shape index (κ2) is 6.37. The third kappa shape index (κ3) is 4.49. The van der Waals surface area contributed by atoms with E-state index in [0.717, 1.165) is 25.9 Å². The fourth-order valence-electron chi connectivity index (χ4n) is 2.15. The number of amides is 2. The van der Waals surface area contributed by atoms with Gasteiger partial charge in [-0.2, -0.15) is 0 Å². The second-order valence-corrected chi connectivity index (χ2v) is 6.46. The zero-order valence-corrected chi connectivity index (χ0v) is 12.5. The molecule has 5 nitrogen and oxygen atoms in total. The molecule has 0 aromatic heterocycles. The van der Waals surface area contributed by atoms with Gasteiger partial charge in [0.1, 0.15) is 6.04 Å². The molecule has 1 aliphatic rings. The minimum absolute atomic E-state index is 0.00541. The van der Waals surface area contributed by atoms with Crippen molar-refractivity contribution in [3.63, 3.8) is 0 Å². The number of rotatable bonds is 3. The van der Waals surface area contributed by atoms with Gasteiger partial charge in [-0.15, -0.1) is 0 Å². The van der Waals surface area contributed by atoms with Gasteiger partial charge in [-0.3, -0.25) is 9.59 Å². The Balaban J connectivity index is 2.51. The number of piperidine rings is 1. The molecule has 1 rings (SSSR count). The van der Waals surface area contributed by atoms with Gasteiger partial charge in [0, 0.05) is 13.1 Å². The van der Waals surface area contributed by atoms with Gasteiger partial charge in [0.05, 0.1) is 6.04 Å². The maximum atomic E-state index is 12.2. The van der Waals surface area contributed by atoms with E-state index in [1.807, 2.05) is 25.7 Å². The minimum atomic E-state index is -0.607. The molecule has 19 heavy (non-hydrogen) atoms. The summed E-state index contributed by atoms with van der Waals surface area (Å²) < 4.78 is 0. The van der Waals surface area contributed by atoms with Crippen LogP contribution in [0.4, 0.5) is 0 Å². The predicted molar refractivity (Wildman–Crippen MR) is 75.5 cm³/mol. The summed E-state index contributed by atoms with van der Waals surface area (Å²) in [4.78, 5) is 26.0. The van der Waals surface area contributed by atoms with E-state index in [9.17, 15) is 9.59 Å². The van der Waals surface area contributed by atoms with Crippen molar-refractivity contribution in [2.75, 3.05) is 13.1 Å². The molecule has 2 atom stereocenters. The van der Waals surface area contributed by atoms with E-state index < -0.39 is 12.1 Å². The molecule has 0 spiro atoms. The number of likely N-dealkylation sites (tertiary alicyclic amines) is 1. The fourth-order valence-corrected chi connectivity index (χ4v) is 2.15. The lowest BCUT2D eigenvalue weighted by Gasteiger charge is -2.31. The molecule has 0 aromatic carbocycles. The molecule has 110 valence electrons. The van der Waals surface area contributed by atoms with E-state index in [2.05, 4.69) is 5.32 Å². The van der Waals surface area contributed by atoms with Crippen LogP contribution in [0.1, 0.15) is 47.0 Å². The number of nitrogens with zero attached hydrogens (tertiary/aromatic N) is 1. The van der Waals surface area contributed by atoms with Gasteiger partial charge in [-0.25, -0.2) is 0 Å². The first kappa shape index (κ1) is 16.0. The summed E-state index contributed by atoms with van der Waals surface area (Å²) in [6.45, 7) is 9.05. The lowest BCUT2D eigenvalue weighted by Crippen LogP contribution is -2.55. The maximum absolute atomic E-state index is 12.2. The molecule has 1 heterocycles. The smallest absolute Gasteiger partial charge is 0.244 e. The van der Waals surface area contributed by atoms with Crippen molar-refractivity contribution in [1.29, 1.82) is 0 Å². The van der Waals surface area contributed by atoms with Crippen LogP contribution in [0.15, 0.2) is 0 Å². The van der Waals surface area contributed by atoms with Crippen LogP contribution < -0.4 is 11.1 Å². The van der Waals surface area contributed by atoms with Crippen LogP contribution in [0.3, 0.4) is 0 Å². The number of hydrogen-bond acceptors (Lipinski definition) is 3. The van der Waals surface area contributed by atoms with Crippen molar-refractivity contribution < 1.29 is 9.59 Å². The Morgan fingerprint density at radius 2 is 1.68 bits per heavy atom. The van der Waals surface area contributed by atoms with Crippen LogP contribution in [0.25, 0.3) is 0 Å². The average molecular weight is 269 g/mol. The largest absolute Gasteiger partial charge is 0.343 e. The molecule has 3 N–H and O–H groups in total. The van der Waals surface area contributed by atoms with Crippen LogP contribution >= 0.6 is 0 Å². The topological polar surface area (TPSA) is 75.4 Å². The van der Waals surface area contributed by atoms with Gasteiger partial charge in [0.25, 0.3) is 0 Å². The van der Waals surface area contributed by atoms with E-state index in [-0.39, 0.29) is 17.2 Å². The Morgan fingerprint density at radius 1 is 1.16 bits per heavy atom. The third-order valence-corrected chi connectivity index (χ3v) is 3.61. The van der Waals surface area contributed by atoms with Crippen molar-refractivity contribution in [2.45, 2.75) is 59.0 Å². The molecular formula is C14H27N3O2. The summed E-state index contributed by atoms with van der Waals surface area (Å²) in [6.07, 6.45) is 3.28. The molecular weight excluding hydrogens is 242 g/mol. The summed E-state index contributed by atoms with van der Waals surface area (Å²) in [7, 11) is 0. The summed E-state index contributed by atoms with van der Waals surface area (Å²) in [5.41, 5.74) is 5.58.